The summed E-state index contributed by atoms with van der Waals surface area (Å²) in [5.41, 5.74) is 1.98. The van der Waals surface area contributed by atoms with Crippen LogP contribution in [-0.2, 0) is 0 Å². The van der Waals surface area contributed by atoms with Crippen LogP contribution in [-0.4, -0.2) is 12.2 Å². The molecule has 1 rings (SSSR count). The van der Waals surface area contributed by atoms with Gasteiger partial charge in [-0.1, -0.05) is 25.5 Å². The molecular weight excluding hydrogens is 176 g/mol. The van der Waals surface area contributed by atoms with Crippen molar-refractivity contribution < 1.29 is 9.84 Å². The van der Waals surface area contributed by atoms with E-state index in [1.54, 1.807) is 14.0 Å². The van der Waals surface area contributed by atoms with Crippen LogP contribution in [0.5, 0.6) is 5.75 Å². The second-order valence-electron chi connectivity index (χ2n) is 2.92. The molecule has 0 radical (unpaired) electrons. The Morgan fingerprint density at radius 3 is 2.29 bits per heavy atom. The van der Waals surface area contributed by atoms with Gasteiger partial charge in [0.05, 0.1) is 13.2 Å². The van der Waals surface area contributed by atoms with Gasteiger partial charge in [-0.25, -0.2) is 0 Å². The van der Waals surface area contributed by atoms with E-state index in [9.17, 15) is 5.11 Å². The first-order chi connectivity index (χ1) is 6.65. The lowest BCUT2D eigenvalue weighted by Crippen LogP contribution is -1.96. The number of aliphatic hydroxyl groups excluding tert-OH is 1. The van der Waals surface area contributed by atoms with Crippen LogP contribution in [0, 0.1) is 6.92 Å². The molecule has 0 amide bonds. The van der Waals surface area contributed by atoms with Crippen molar-refractivity contribution in [2.75, 3.05) is 7.11 Å². The van der Waals surface area contributed by atoms with E-state index < -0.39 is 6.10 Å². The molecule has 0 aliphatic carbocycles. The van der Waals surface area contributed by atoms with Gasteiger partial charge in [-0.2, -0.15) is 0 Å². The van der Waals surface area contributed by atoms with E-state index >= 15 is 0 Å². The molecule has 0 aliphatic rings. The molecule has 80 valence electrons. The normalized spacial score (nSPS) is 11.3. The molecule has 14 heavy (non-hydrogen) atoms. The predicted molar refractivity (Wildman–Crippen MR) is 59.7 cm³/mol. The molecule has 1 aromatic rings. The van der Waals surface area contributed by atoms with Gasteiger partial charge in [-0.3, -0.25) is 0 Å². The molecule has 2 heteroatoms. The van der Waals surface area contributed by atoms with Crippen LogP contribution in [0.3, 0.4) is 0 Å². The van der Waals surface area contributed by atoms with Gasteiger partial charge in [0, 0.05) is 5.56 Å². The lowest BCUT2D eigenvalue weighted by molar-refractivity contribution is 0.194. The molecule has 0 heterocycles. The van der Waals surface area contributed by atoms with Crippen LogP contribution in [0.15, 0.2) is 18.2 Å². The summed E-state index contributed by atoms with van der Waals surface area (Å²) in [4.78, 5) is 0. The minimum Gasteiger partial charge on any atom is -0.496 e. The van der Waals surface area contributed by atoms with Crippen molar-refractivity contribution in [1.82, 2.24) is 0 Å². The SMILES string of the molecule is CC.COc1ccc(C)cc1C(C)O. The highest BCUT2D eigenvalue weighted by Gasteiger charge is 2.07. The Kier molecular flexibility index (Phi) is 5.97. The largest absolute Gasteiger partial charge is 0.496 e. The van der Waals surface area contributed by atoms with E-state index in [1.165, 1.54) is 0 Å². The summed E-state index contributed by atoms with van der Waals surface area (Å²) in [6, 6.07) is 5.77. The molecule has 0 fully saturated rings. The van der Waals surface area contributed by atoms with Crippen LogP contribution in [0.1, 0.15) is 38.0 Å². The number of aliphatic hydroxyl groups is 1. The highest BCUT2D eigenvalue weighted by molar-refractivity contribution is 5.37. The summed E-state index contributed by atoms with van der Waals surface area (Å²) < 4.78 is 5.10. The lowest BCUT2D eigenvalue weighted by atomic mass is 10.1. The first-order valence-corrected chi connectivity index (χ1v) is 4.97. The molecule has 0 bridgehead atoms. The summed E-state index contributed by atoms with van der Waals surface area (Å²) >= 11 is 0. The molecule has 2 nitrogen and oxygen atoms in total. The average molecular weight is 196 g/mol. The molecule has 0 saturated carbocycles. The van der Waals surface area contributed by atoms with Crippen molar-refractivity contribution in [3.05, 3.63) is 29.3 Å². The third-order valence-corrected chi connectivity index (χ3v) is 1.84. The van der Waals surface area contributed by atoms with E-state index in [0.29, 0.717) is 0 Å². The summed E-state index contributed by atoms with van der Waals surface area (Å²) in [6.07, 6.45) is -0.472. The Labute approximate surface area is 86.5 Å². The highest BCUT2D eigenvalue weighted by atomic mass is 16.5. The van der Waals surface area contributed by atoms with Gasteiger partial charge in [0.1, 0.15) is 5.75 Å². The fourth-order valence-corrected chi connectivity index (χ4v) is 1.18. The van der Waals surface area contributed by atoms with E-state index in [4.69, 9.17) is 4.74 Å². The van der Waals surface area contributed by atoms with Crippen molar-refractivity contribution >= 4 is 0 Å². The maximum absolute atomic E-state index is 9.38. The second kappa shape index (κ2) is 6.44. The van der Waals surface area contributed by atoms with E-state index in [2.05, 4.69) is 0 Å². The third-order valence-electron chi connectivity index (χ3n) is 1.84. The smallest absolute Gasteiger partial charge is 0.124 e. The summed E-state index contributed by atoms with van der Waals surface area (Å²) in [5, 5.41) is 9.38. The van der Waals surface area contributed by atoms with Gasteiger partial charge in [-0.05, 0) is 26.0 Å². The van der Waals surface area contributed by atoms with Crippen LogP contribution in [0.25, 0.3) is 0 Å². The van der Waals surface area contributed by atoms with Gasteiger partial charge in [0.2, 0.25) is 0 Å². The van der Waals surface area contributed by atoms with Gasteiger partial charge < -0.3 is 9.84 Å². The number of hydrogen-bond acceptors (Lipinski definition) is 2. The van der Waals surface area contributed by atoms with Crippen molar-refractivity contribution in [1.29, 1.82) is 0 Å². The molecule has 0 spiro atoms. The van der Waals surface area contributed by atoms with Crippen molar-refractivity contribution in [3.63, 3.8) is 0 Å². The first kappa shape index (κ1) is 13.0. The Balaban J connectivity index is 0.000000791. The van der Waals surface area contributed by atoms with Gasteiger partial charge in [0.15, 0.2) is 0 Å². The zero-order valence-corrected chi connectivity index (χ0v) is 9.66. The molecule has 0 aliphatic heterocycles. The van der Waals surface area contributed by atoms with Gasteiger partial charge in [-0.15, -0.1) is 0 Å². The van der Waals surface area contributed by atoms with Gasteiger partial charge >= 0.3 is 0 Å². The first-order valence-electron chi connectivity index (χ1n) is 4.97. The Bertz CT molecular complexity index is 267. The minimum absolute atomic E-state index is 0.472. The maximum atomic E-state index is 9.38. The quantitative estimate of drug-likeness (QED) is 0.787. The van der Waals surface area contributed by atoms with Crippen molar-refractivity contribution in [3.8, 4) is 5.75 Å². The van der Waals surface area contributed by atoms with E-state index in [0.717, 1.165) is 16.9 Å². The topological polar surface area (TPSA) is 29.5 Å². The maximum Gasteiger partial charge on any atom is 0.124 e. The molecule has 1 atom stereocenters. The number of benzene rings is 1. The molecule has 1 N–H and O–H groups in total. The number of ether oxygens (including phenoxy) is 1. The van der Waals surface area contributed by atoms with Crippen LogP contribution in [0.4, 0.5) is 0 Å². The zero-order valence-electron chi connectivity index (χ0n) is 9.66. The number of rotatable bonds is 2. The summed E-state index contributed by atoms with van der Waals surface area (Å²) in [5.74, 6) is 0.746. The van der Waals surface area contributed by atoms with Gasteiger partial charge in [0.25, 0.3) is 0 Å². The Morgan fingerprint density at radius 1 is 1.29 bits per heavy atom. The fourth-order valence-electron chi connectivity index (χ4n) is 1.18. The predicted octanol–water partition coefficient (Wildman–Crippen LogP) is 3.08. The van der Waals surface area contributed by atoms with Crippen LogP contribution < -0.4 is 4.74 Å². The standard InChI is InChI=1S/C10H14O2.C2H6/c1-7-4-5-10(12-3)9(6-7)8(2)11;1-2/h4-6,8,11H,1-3H3;1-2H3. The second-order valence-corrected chi connectivity index (χ2v) is 2.92. The number of aryl methyl sites for hydroxylation is 1. The van der Waals surface area contributed by atoms with Crippen molar-refractivity contribution in [2.45, 2.75) is 33.8 Å². The van der Waals surface area contributed by atoms with Crippen molar-refractivity contribution in [2.24, 2.45) is 0 Å². The molecule has 0 aromatic heterocycles. The van der Waals surface area contributed by atoms with Crippen LogP contribution in [0.2, 0.25) is 0 Å². The van der Waals surface area contributed by atoms with Crippen LogP contribution >= 0.6 is 0 Å². The Hall–Kier alpha value is -1.02. The summed E-state index contributed by atoms with van der Waals surface area (Å²) in [7, 11) is 1.61. The highest BCUT2D eigenvalue weighted by Crippen LogP contribution is 2.25. The number of methoxy groups -OCH3 is 1. The van der Waals surface area contributed by atoms with E-state index in [1.807, 2.05) is 39.0 Å². The molecule has 1 aromatic carbocycles. The fraction of sp³-hybridized carbons (Fsp3) is 0.500. The molecule has 1 unspecified atom stereocenters. The monoisotopic (exact) mass is 196 g/mol. The zero-order chi connectivity index (χ0) is 11.1. The number of hydrogen-bond donors (Lipinski definition) is 1. The molecular formula is C12H20O2. The average Bonchev–Trinajstić information content (AvgIpc) is 2.20. The minimum atomic E-state index is -0.472. The third kappa shape index (κ3) is 3.38. The molecule has 0 saturated heterocycles. The lowest BCUT2D eigenvalue weighted by Gasteiger charge is -2.11. The summed E-state index contributed by atoms with van der Waals surface area (Å²) in [6.45, 7) is 7.72. The van der Waals surface area contributed by atoms with E-state index in [-0.39, 0.29) is 0 Å². The Morgan fingerprint density at radius 2 is 1.86 bits per heavy atom.